The lowest BCUT2D eigenvalue weighted by Gasteiger charge is -2.17. The molecule has 35 heavy (non-hydrogen) atoms. The average molecular weight is 614 g/mol. The minimum atomic E-state index is -4.52. The lowest BCUT2D eigenvalue weighted by Crippen LogP contribution is -2.28. The van der Waals surface area contributed by atoms with Crippen LogP contribution in [0.5, 0.6) is 0 Å². The smallest absolute Gasteiger partial charge is 0.277 e. The van der Waals surface area contributed by atoms with Crippen LogP contribution in [0.1, 0.15) is 28.8 Å². The number of sulfonamides is 1. The van der Waals surface area contributed by atoms with Crippen LogP contribution in [0.2, 0.25) is 0 Å². The highest BCUT2D eigenvalue weighted by atomic mass is 127. The Morgan fingerprint density at radius 2 is 1.77 bits per heavy atom. The number of carbonyl (C=O) groups excluding carboxylic acids is 1. The summed E-state index contributed by atoms with van der Waals surface area (Å²) in [7, 11) is -4.52. The second kappa shape index (κ2) is 10.9. The Morgan fingerprint density at radius 3 is 2.43 bits per heavy atom. The molecule has 2 aromatic carbocycles. The zero-order valence-electron chi connectivity index (χ0n) is 18.2. The van der Waals surface area contributed by atoms with E-state index in [1.807, 2.05) is 0 Å². The molecule has 1 fully saturated rings. The summed E-state index contributed by atoms with van der Waals surface area (Å²) in [6.45, 7) is 0.0918. The van der Waals surface area contributed by atoms with Crippen LogP contribution in [0.3, 0.4) is 0 Å². The number of halogens is 3. The summed E-state index contributed by atoms with van der Waals surface area (Å²) in [4.78, 5) is 20.9. The molecule has 3 N–H and O–H groups in total. The van der Waals surface area contributed by atoms with Crippen molar-refractivity contribution in [3.63, 3.8) is 0 Å². The first-order valence-corrected chi connectivity index (χ1v) is 13.2. The van der Waals surface area contributed by atoms with Gasteiger partial charge in [0.15, 0.2) is 11.6 Å². The van der Waals surface area contributed by atoms with Crippen LogP contribution in [0.25, 0.3) is 0 Å². The van der Waals surface area contributed by atoms with Gasteiger partial charge < -0.3 is 5.32 Å². The maximum atomic E-state index is 15.2. The molecule has 8 nitrogen and oxygen atoms in total. The molecule has 0 aliphatic heterocycles. The van der Waals surface area contributed by atoms with Gasteiger partial charge in [-0.1, -0.05) is 0 Å². The van der Waals surface area contributed by atoms with E-state index in [1.54, 1.807) is 36.4 Å². The molecule has 1 heterocycles. The van der Waals surface area contributed by atoms with E-state index < -0.39 is 43.7 Å². The molecule has 1 amide bonds. The summed E-state index contributed by atoms with van der Waals surface area (Å²) in [5.41, 5.74) is 2.20. The molecule has 0 radical (unpaired) electrons. The first kappa shape index (κ1) is 25.4. The SMILES string of the molecule is O=C(NOCC1CC1)c1cc(S(=O)(=O)NCc2ccncc2)c(F)c(F)c1Nc1ccc(I)cc1. The zero-order chi connectivity index (χ0) is 25.0. The van der Waals surface area contributed by atoms with Gasteiger partial charge in [0.25, 0.3) is 5.91 Å². The van der Waals surface area contributed by atoms with Crippen molar-refractivity contribution >= 4 is 49.9 Å². The molecule has 0 unspecified atom stereocenters. The molecule has 4 rings (SSSR count). The fourth-order valence-electron chi connectivity index (χ4n) is 3.10. The van der Waals surface area contributed by atoms with Gasteiger partial charge in [-0.3, -0.25) is 14.6 Å². The number of hydrogen-bond acceptors (Lipinski definition) is 6. The molecule has 1 aliphatic rings. The first-order chi connectivity index (χ1) is 16.7. The third-order valence-electron chi connectivity index (χ3n) is 5.22. The van der Waals surface area contributed by atoms with Gasteiger partial charge in [-0.05, 0) is 89.4 Å². The van der Waals surface area contributed by atoms with Gasteiger partial charge in [0.1, 0.15) is 4.90 Å². The molecule has 1 aromatic heterocycles. The second-order valence-electron chi connectivity index (χ2n) is 7.92. The van der Waals surface area contributed by atoms with E-state index in [2.05, 4.69) is 43.1 Å². The summed E-state index contributed by atoms with van der Waals surface area (Å²) in [6.07, 6.45) is 4.90. The zero-order valence-corrected chi connectivity index (χ0v) is 21.2. The van der Waals surface area contributed by atoms with Crippen molar-refractivity contribution in [3.05, 3.63) is 81.2 Å². The number of hydroxylamine groups is 1. The van der Waals surface area contributed by atoms with Crippen LogP contribution < -0.4 is 15.5 Å². The van der Waals surface area contributed by atoms with E-state index in [-0.39, 0.29) is 13.2 Å². The van der Waals surface area contributed by atoms with E-state index in [9.17, 15) is 13.2 Å². The Kier molecular flexibility index (Phi) is 7.94. The minimum Gasteiger partial charge on any atom is -0.352 e. The molecule has 12 heteroatoms. The average Bonchev–Trinajstić information content (AvgIpc) is 3.67. The Bertz CT molecular complexity index is 1320. The first-order valence-electron chi connectivity index (χ1n) is 10.6. The Balaban J connectivity index is 1.67. The van der Waals surface area contributed by atoms with Crippen LogP contribution in [0.4, 0.5) is 20.2 Å². The van der Waals surface area contributed by atoms with Gasteiger partial charge in [0.2, 0.25) is 10.0 Å². The highest BCUT2D eigenvalue weighted by molar-refractivity contribution is 14.1. The van der Waals surface area contributed by atoms with Crippen molar-refractivity contribution in [2.75, 3.05) is 11.9 Å². The van der Waals surface area contributed by atoms with E-state index in [0.29, 0.717) is 17.2 Å². The van der Waals surface area contributed by atoms with Crippen molar-refractivity contribution in [3.8, 4) is 0 Å². The molecule has 1 aliphatic carbocycles. The van der Waals surface area contributed by atoms with Crippen LogP contribution in [-0.2, 0) is 21.4 Å². The normalized spacial score (nSPS) is 13.5. The number of hydrogen-bond donors (Lipinski definition) is 3. The summed E-state index contributed by atoms with van der Waals surface area (Å²) in [5.74, 6) is -3.71. The van der Waals surface area contributed by atoms with E-state index in [4.69, 9.17) is 4.84 Å². The van der Waals surface area contributed by atoms with Crippen LogP contribution in [0.15, 0.2) is 59.8 Å². The van der Waals surface area contributed by atoms with Crippen molar-refractivity contribution in [1.29, 1.82) is 0 Å². The number of rotatable bonds is 10. The quantitative estimate of drug-likeness (QED) is 0.233. The molecule has 0 saturated heterocycles. The highest BCUT2D eigenvalue weighted by Crippen LogP contribution is 2.32. The van der Waals surface area contributed by atoms with Gasteiger partial charge in [-0.15, -0.1) is 0 Å². The molecular formula is C23H21F2IN4O4S. The largest absolute Gasteiger partial charge is 0.352 e. The predicted octanol–water partition coefficient (Wildman–Crippen LogP) is 4.26. The molecular weight excluding hydrogens is 593 g/mol. The number of amides is 1. The summed E-state index contributed by atoms with van der Waals surface area (Å²) < 4.78 is 59.1. The Hall–Kier alpha value is -2.68. The monoisotopic (exact) mass is 614 g/mol. The van der Waals surface area contributed by atoms with Gasteiger partial charge in [-0.2, -0.15) is 0 Å². The fraction of sp³-hybridized carbons (Fsp3) is 0.217. The number of nitrogens with one attached hydrogen (secondary N) is 3. The molecule has 1 saturated carbocycles. The third-order valence-corrected chi connectivity index (χ3v) is 7.34. The van der Waals surface area contributed by atoms with Gasteiger partial charge in [0.05, 0.1) is 17.9 Å². The topological polar surface area (TPSA) is 109 Å². The predicted molar refractivity (Wildman–Crippen MR) is 133 cm³/mol. The van der Waals surface area contributed by atoms with Crippen LogP contribution >= 0.6 is 22.6 Å². The number of pyridine rings is 1. The molecule has 0 spiro atoms. The number of nitrogens with zero attached hydrogens (tertiary/aromatic N) is 1. The van der Waals surface area contributed by atoms with Crippen molar-refractivity contribution < 1.29 is 26.8 Å². The van der Waals surface area contributed by atoms with Crippen molar-refractivity contribution in [2.45, 2.75) is 24.3 Å². The van der Waals surface area contributed by atoms with E-state index >= 15 is 8.78 Å². The lowest BCUT2D eigenvalue weighted by atomic mass is 10.1. The van der Waals surface area contributed by atoms with E-state index in [0.717, 1.165) is 22.5 Å². The number of aromatic nitrogens is 1. The van der Waals surface area contributed by atoms with Gasteiger partial charge >= 0.3 is 0 Å². The van der Waals surface area contributed by atoms with Gasteiger partial charge in [0, 0.05) is 28.2 Å². The van der Waals surface area contributed by atoms with E-state index in [1.165, 1.54) is 12.4 Å². The Morgan fingerprint density at radius 1 is 1.09 bits per heavy atom. The molecule has 0 atom stereocenters. The molecule has 0 bridgehead atoms. The van der Waals surface area contributed by atoms with Crippen LogP contribution in [0, 0.1) is 21.1 Å². The maximum Gasteiger partial charge on any atom is 0.277 e. The molecule has 3 aromatic rings. The van der Waals surface area contributed by atoms with Crippen LogP contribution in [-0.4, -0.2) is 25.9 Å². The maximum absolute atomic E-state index is 15.2. The van der Waals surface area contributed by atoms with Crippen molar-refractivity contribution in [1.82, 2.24) is 15.2 Å². The third kappa shape index (κ3) is 6.51. The molecule has 184 valence electrons. The summed E-state index contributed by atoms with van der Waals surface area (Å²) >= 11 is 2.09. The Labute approximate surface area is 214 Å². The lowest BCUT2D eigenvalue weighted by molar-refractivity contribution is 0.0270. The number of benzene rings is 2. The van der Waals surface area contributed by atoms with Crippen molar-refractivity contribution in [2.24, 2.45) is 5.92 Å². The standard InChI is InChI=1S/C23H21F2IN4O4S/c24-20-19(35(32,33)28-12-14-7-9-27-10-8-14)11-18(23(31)30-34-13-15-1-2-15)22(21(20)25)29-17-5-3-16(26)4-6-17/h3-11,15,28-29H,1-2,12-13H2,(H,30,31). The second-order valence-corrected chi connectivity index (χ2v) is 10.9. The van der Waals surface area contributed by atoms with Gasteiger partial charge in [-0.25, -0.2) is 27.4 Å². The number of carbonyl (C=O) groups is 1. The summed E-state index contributed by atoms with van der Waals surface area (Å²) in [6, 6.07) is 10.6. The minimum absolute atomic E-state index is 0.180. The summed E-state index contributed by atoms with van der Waals surface area (Å²) in [5, 5.41) is 2.68. The fourth-order valence-corrected chi connectivity index (χ4v) is 4.57. The number of anilines is 2. The highest BCUT2D eigenvalue weighted by Gasteiger charge is 2.30.